The molecule has 0 aliphatic carbocycles. The quantitative estimate of drug-likeness (QED) is 0.459. The molecule has 8 nitrogen and oxygen atoms in total. The van der Waals surface area contributed by atoms with Crippen LogP contribution in [0.5, 0.6) is 0 Å². The number of nitrogens with two attached hydrogens (primary N) is 1. The summed E-state index contributed by atoms with van der Waals surface area (Å²) in [7, 11) is 0. The van der Waals surface area contributed by atoms with Gasteiger partial charge in [0.15, 0.2) is 0 Å². The maximum atomic E-state index is 13.8. The highest BCUT2D eigenvalue weighted by Crippen LogP contribution is 2.32. The van der Waals surface area contributed by atoms with Crippen LogP contribution in [-0.2, 0) is 13.1 Å². The zero-order chi connectivity index (χ0) is 24.5. The Morgan fingerprint density at radius 3 is 2.91 bits per heavy atom. The molecule has 1 aliphatic rings. The Morgan fingerprint density at radius 2 is 2.14 bits per heavy atom. The predicted octanol–water partition coefficient (Wildman–Crippen LogP) is 3.74. The molecule has 3 aromatic heterocycles. The van der Waals surface area contributed by atoms with Crippen molar-refractivity contribution >= 4 is 39.2 Å². The third-order valence-electron chi connectivity index (χ3n) is 6.50. The molecular weight excluding hydrogens is 462 g/mol. The Labute approximate surface area is 207 Å². The molecule has 35 heavy (non-hydrogen) atoms. The van der Waals surface area contributed by atoms with E-state index < -0.39 is 0 Å². The van der Waals surface area contributed by atoms with Gasteiger partial charge in [0.1, 0.15) is 28.5 Å². The van der Waals surface area contributed by atoms with Crippen LogP contribution in [0.4, 0.5) is 5.82 Å². The highest BCUT2D eigenvalue weighted by Gasteiger charge is 2.28. The summed E-state index contributed by atoms with van der Waals surface area (Å²) in [5.74, 6) is 0.678. The van der Waals surface area contributed by atoms with E-state index in [9.17, 15) is 10.1 Å². The van der Waals surface area contributed by atoms with E-state index in [1.807, 2.05) is 41.0 Å². The first-order valence-electron chi connectivity index (χ1n) is 11.6. The molecule has 0 bridgehead atoms. The summed E-state index contributed by atoms with van der Waals surface area (Å²) in [6, 6.07) is 12.2. The van der Waals surface area contributed by atoms with Gasteiger partial charge in [0.2, 0.25) is 0 Å². The minimum Gasteiger partial charge on any atom is -0.355 e. The second kappa shape index (κ2) is 9.53. The summed E-state index contributed by atoms with van der Waals surface area (Å²) >= 11 is 6.16. The molecule has 1 saturated heterocycles. The van der Waals surface area contributed by atoms with Crippen LogP contribution >= 0.6 is 11.6 Å². The number of hydrogen-bond donors (Lipinski definition) is 1. The molecule has 9 heteroatoms. The van der Waals surface area contributed by atoms with E-state index >= 15 is 0 Å². The van der Waals surface area contributed by atoms with E-state index in [2.05, 4.69) is 20.9 Å². The lowest BCUT2D eigenvalue weighted by Gasteiger charge is -2.33. The zero-order valence-electron chi connectivity index (χ0n) is 19.5. The molecule has 2 N–H and O–H groups in total. The number of nitriles is 1. The largest absolute Gasteiger partial charge is 0.355 e. The first-order valence-corrected chi connectivity index (χ1v) is 12.0. The molecule has 1 fully saturated rings. The lowest BCUT2D eigenvalue weighted by atomic mass is 10.1. The van der Waals surface area contributed by atoms with Crippen LogP contribution in [0.15, 0.2) is 58.8 Å². The maximum Gasteiger partial charge on any atom is 0.278 e. The van der Waals surface area contributed by atoms with Crippen molar-refractivity contribution in [2.75, 3.05) is 18.0 Å². The monoisotopic (exact) mass is 487 g/mol. The number of fused-ring (bicyclic) bond motifs is 2. The molecule has 0 saturated carbocycles. The number of rotatable bonds is 5. The van der Waals surface area contributed by atoms with E-state index in [0.717, 1.165) is 35.9 Å². The number of anilines is 1. The second-order valence-corrected chi connectivity index (χ2v) is 9.51. The number of aromatic nitrogens is 4. The minimum absolute atomic E-state index is 0.00844. The van der Waals surface area contributed by atoms with Crippen LogP contribution in [0.1, 0.15) is 31.0 Å². The van der Waals surface area contributed by atoms with Crippen LogP contribution < -0.4 is 16.2 Å². The lowest BCUT2D eigenvalue weighted by Crippen LogP contribution is -2.44. The van der Waals surface area contributed by atoms with E-state index in [1.54, 1.807) is 17.7 Å². The van der Waals surface area contributed by atoms with Gasteiger partial charge in [0.05, 0.1) is 18.6 Å². The summed E-state index contributed by atoms with van der Waals surface area (Å²) in [5, 5.41) is 12.7. The van der Waals surface area contributed by atoms with Gasteiger partial charge in [-0.25, -0.2) is 4.98 Å². The number of nitrogens with zero attached hydrogens (tertiary/aromatic N) is 6. The molecule has 5 rings (SSSR count). The Kier molecular flexibility index (Phi) is 6.29. The summed E-state index contributed by atoms with van der Waals surface area (Å²) in [6.07, 6.45) is 6.94. The van der Waals surface area contributed by atoms with Crippen LogP contribution in [0.25, 0.3) is 21.8 Å². The van der Waals surface area contributed by atoms with Gasteiger partial charge in [-0.2, -0.15) is 5.26 Å². The average molecular weight is 488 g/mol. The minimum atomic E-state index is -0.227. The number of halogens is 1. The van der Waals surface area contributed by atoms with Gasteiger partial charge in [0.25, 0.3) is 5.56 Å². The van der Waals surface area contributed by atoms with Crippen molar-refractivity contribution in [2.24, 2.45) is 5.73 Å². The van der Waals surface area contributed by atoms with Crippen molar-refractivity contribution in [3.05, 3.63) is 75.6 Å². The van der Waals surface area contributed by atoms with Crippen molar-refractivity contribution in [1.82, 2.24) is 19.1 Å². The van der Waals surface area contributed by atoms with Crippen molar-refractivity contribution < 1.29 is 0 Å². The molecule has 1 aliphatic heterocycles. The van der Waals surface area contributed by atoms with Gasteiger partial charge >= 0.3 is 0 Å². The van der Waals surface area contributed by atoms with Crippen molar-refractivity contribution in [3.8, 4) is 6.07 Å². The Morgan fingerprint density at radius 1 is 1.31 bits per heavy atom. The first-order chi connectivity index (χ1) is 17.0. The van der Waals surface area contributed by atoms with E-state index in [4.69, 9.17) is 17.3 Å². The molecular formula is C26H26ClN7O. The number of pyridine rings is 1. The van der Waals surface area contributed by atoms with Crippen molar-refractivity contribution in [3.63, 3.8) is 0 Å². The van der Waals surface area contributed by atoms with Crippen molar-refractivity contribution in [2.45, 2.75) is 38.9 Å². The molecule has 0 spiro atoms. The fraction of sp³-hybridized carbons (Fsp3) is 0.308. The van der Waals surface area contributed by atoms with Crippen LogP contribution in [0.3, 0.4) is 0 Å². The summed E-state index contributed by atoms with van der Waals surface area (Å²) < 4.78 is 3.41. The zero-order valence-corrected chi connectivity index (χ0v) is 20.2. The lowest BCUT2D eigenvalue weighted by molar-refractivity contribution is 0.499. The highest BCUT2D eigenvalue weighted by molar-refractivity contribution is 6.29. The summed E-state index contributed by atoms with van der Waals surface area (Å²) in [6.45, 7) is 3.78. The van der Waals surface area contributed by atoms with Crippen molar-refractivity contribution in [1.29, 1.82) is 5.26 Å². The molecule has 0 unspecified atom stereocenters. The maximum absolute atomic E-state index is 13.8. The molecule has 0 radical (unpaired) electrons. The Balaban J connectivity index is 1.70. The third kappa shape index (κ3) is 4.29. The summed E-state index contributed by atoms with van der Waals surface area (Å²) in [4.78, 5) is 25.1. The SMILES string of the molecule is C/C(Cl)=C\Cn1c(N2CCC[C@H](N)C2)c(C#N)c2ncn(Cc3nccc4ccccc34)c(=O)c21. The van der Waals surface area contributed by atoms with Gasteiger partial charge in [-0.05, 0) is 31.2 Å². The first kappa shape index (κ1) is 23.1. The molecule has 4 heterocycles. The number of allylic oxidation sites excluding steroid dienone is 2. The van der Waals surface area contributed by atoms with Gasteiger partial charge < -0.3 is 15.2 Å². The van der Waals surface area contributed by atoms with E-state index in [-0.39, 0.29) is 18.1 Å². The number of hydrogen-bond acceptors (Lipinski definition) is 6. The average Bonchev–Trinajstić information content (AvgIpc) is 3.18. The van der Waals surface area contributed by atoms with E-state index in [0.29, 0.717) is 40.5 Å². The fourth-order valence-corrected chi connectivity index (χ4v) is 4.93. The standard InChI is InChI=1S/C26H26ClN7O/c1-17(27)9-12-34-24-23(21(13-28)25(34)32-11-4-6-19(29)14-32)31-16-33(26(24)35)15-22-20-7-3-2-5-18(20)8-10-30-22/h2-3,5,7-10,16,19H,4,6,11-12,14-15,29H2,1H3/b17-9+/t19-/m0/s1. The fourth-order valence-electron chi connectivity index (χ4n) is 4.86. The normalized spacial score (nSPS) is 16.7. The van der Waals surface area contributed by atoms with Gasteiger partial charge in [-0.3, -0.25) is 14.3 Å². The number of benzene rings is 1. The smallest absolute Gasteiger partial charge is 0.278 e. The van der Waals surface area contributed by atoms with E-state index in [1.165, 1.54) is 6.33 Å². The predicted molar refractivity (Wildman–Crippen MR) is 139 cm³/mol. The molecule has 178 valence electrons. The molecule has 1 aromatic carbocycles. The van der Waals surface area contributed by atoms with Crippen LogP contribution in [0.2, 0.25) is 0 Å². The second-order valence-electron chi connectivity index (χ2n) is 8.91. The van der Waals surface area contributed by atoms with Gasteiger partial charge in [-0.15, -0.1) is 0 Å². The topological polar surface area (TPSA) is 106 Å². The molecule has 0 amide bonds. The van der Waals surface area contributed by atoms with Crippen LogP contribution in [-0.4, -0.2) is 38.2 Å². The molecule has 1 atom stereocenters. The third-order valence-corrected chi connectivity index (χ3v) is 6.65. The highest BCUT2D eigenvalue weighted by atomic mass is 35.5. The number of piperidine rings is 1. The Hall–Kier alpha value is -3.67. The molecule has 4 aromatic rings. The van der Waals surface area contributed by atoms with Gasteiger partial charge in [0, 0.05) is 42.3 Å². The van der Waals surface area contributed by atoms with Crippen LogP contribution in [0, 0.1) is 11.3 Å². The van der Waals surface area contributed by atoms with Gasteiger partial charge in [-0.1, -0.05) is 41.9 Å². The summed E-state index contributed by atoms with van der Waals surface area (Å²) in [5.41, 5.74) is 7.97. The Bertz CT molecular complexity index is 1540.